The minimum Gasteiger partial charge on any atom is -0.550 e. The van der Waals surface area contributed by atoms with E-state index in [1.165, 1.54) is 0 Å². The Hall–Kier alpha value is -0.0500. The first-order valence-corrected chi connectivity index (χ1v) is 4.40. The molecule has 0 aromatic carbocycles. The molecule has 0 unspecified atom stereocenters. The third-order valence-corrected chi connectivity index (χ3v) is 2.05. The van der Waals surface area contributed by atoms with Crippen molar-refractivity contribution in [3.05, 3.63) is 0 Å². The third kappa shape index (κ3) is 3.20. The van der Waals surface area contributed by atoms with Gasteiger partial charge in [0, 0.05) is 16.7 Å². The molecular formula is C7H12BrO2-. The van der Waals surface area contributed by atoms with Crippen LogP contribution in [0.2, 0.25) is 0 Å². The monoisotopic (exact) mass is 207 g/mol. The second kappa shape index (κ2) is 3.96. The molecule has 0 N–H and O–H groups in total. The summed E-state index contributed by atoms with van der Waals surface area (Å²) in [6.07, 6.45) is 1.54. The second-order valence-electron chi connectivity index (χ2n) is 2.96. The standard InChI is InChI=1S/C7H13BrO2/c1-7(2,6(9)10)4-3-5-8/h3-5H2,1-2H3,(H,9,10)/p-1. The largest absolute Gasteiger partial charge is 0.550 e. The maximum absolute atomic E-state index is 10.4. The fourth-order valence-electron chi connectivity index (χ4n) is 0.611. The highest BCUT2D eigenvalue weighted by molar-refractivity contribution is 9.09. The molecule has 0 aromatic heterocycles. The van der Waals surface area contributed by atoms with Gasteiger partial charge in [-0.1, -0.05) is 29.8 Å². The summed E-state index contributed by atoms with van der Waals surface area (Å²) in [5.41, 5.74) is -0.673. The molecule has 0 aliphatic heterocycles. The average molecular weight is 208 g/mol. The van der Waals surface area contributed by atoms with E-state index in [-0.39, 0.29) is 0 Å². The molecule has 0 amide bonds. The predicted molar refractivity (Wildman–Crippen MR) is 41.8 cm³/mol. The molecule has 0 radical (unpaired) electrons. The van der Waals surface area contributed by atoms with Crippen LogP contribution in [0.5, 0.6) is 0 Å². The molecule has 0 heterocycles. The molecule has 60 valence electrons. The van der Waals surface area contributed by atoms with Crippen LogP contribution in [-0.2, 0) is 4.79 Å². The van der Waals surface area contributed by atoms with Gasteiger partial charge in [-0.25, -0.2) is 0 Å². The fraction of sp³-hybridized carbons (Fsp3) is 0.857. The average Bonchev–Trinajstić information content (AvgIpc) is 1.84. The number of hydrogen-bond donors (Lipinski definition) is 0. The second-order valence-corrected chi connectivity index (χ2v) is 3.76. The third-order valence-electron chi connectivity index (χ3n) is 1.49. The molecule has 0 atom stereocenters. The Morgan fingerprint density at radius 1 is 1.60 bits per heavy atom. The van der Waals surface area contributed by atoms with E-state index in [0.717, 1.165) is 11.8 Å². The molecule has 3 heteroatoms. The maximum Gasteiger partial charge on any atom is 0.0470 e. The van der Waals surface area contributed by atoms with Crippen molar-refractivity contribution in [2.45, 2.75) is 26.7 Å². The van der Waals surface area contributed by atoms with Crippen LogP contribution in [0.1, 0.15) is 26.7 Å². The molecule has 0 aliphatic rings. The van der Waals surface area contributed by atoms with Crippen molar-refractivity contribution >= 4 is 21.9 Å². The topological polar surface area (TPSA) is 40.1 Å². The van der Waals surface area contributed by atoms with Crippen molar-refractivity contribution in [1.82, 2.24) is 0 Å². The lowest BCUT2D eigenvalue weighted by Gasteiger charge is -2.24. The van der Waals surface area contributed by atoms with Gasteiger partial charge in [0.15, 0.2) is 0 Å². The Bertz CT molecular complexity index is 121. The van der Waals surface area contributed by atoms with Crippen LogP contribution in [0.15, 0.2) is 0 Å². The molecule has 0 fully saturated rings. The highest BCUT2D eigenvalue weighted by Gasteiger charge is 2.17. The van der Waals surface area contributed by atoms with Crippen LogP contribution >= 0.6 is 15.9 Å². The number of halogens is 1. The van der Waals surface area contributed by atoms with E-state index in [2.05, 4.69) is 15.9 Å². The quantitative estimate of drug-likeness (QED) is 0.645. The van der Waals surface area contributed by atoms with Gasteiger partial charge in [-0.3, -0.25) is 0 Å². The van der Waals surface area contributed by atoms with Crippen LogP contribution < -0.4 is 5.11 Å². The van der Waals surface area contributed by atoms with Gasteiger partial charge in [0.25, 0.3) is 0 Å². The Morgan fingerprint density at radius 3 is 2.40 bits per heavy atom. The smallest absolute Gasteiger partial charge is 0.0470 e. The molecule has 10 heavy (non-hydrogen) atoms. The number of aliphatic carboxylic acids is 1. The van der Waals surface area contributed by atoms with Crippen molar-refractivity contribution in [3.63, 3.8) is 0 Å². The normalized spacial score (nSPS) is 11.5. The van der Waals surface area contributed by atoms with Gasteiger partial charge in [-0.2, -0.15) is 0 Å². The summed E-state index contributed by atoms with van der Waals surface area (Å²) >= 11 is 3.24. The van der Waals surface area contributed by atoms with Crippen LogP contribution in [0.25, 0.3) is 0 Å². The van der Waals surface area contributed by atoms with Crippen molar-refractivity contribution in [1.29, 1.82) is 0 Å². The summed E-state index contributed by atoms with van der Waals surface area (Å²) in [6.45, 7) is 3.37. The van der Waals surface area contributed by atoms with Gasteiger partial charge < -0.3 is 9.90 Å². The SMILES string of the molecule is CC(C)(CCCBr)C(=O)[O-]. The first kappa shape index (κ1) is 9.95. The lowest BCUT2D eigenvalue weighted by molar-refractivity contribution is -0.317. The number of carboxylic acids is 1. The van der Waals surface area contributed by atoms with E-state index < -0.39 is 11.4 Å². The van der Waals surface area contributed by atoms with E-state index in [4.69, 9.17) is 0 Å². The zero-order valence-corrected chi connectivity index (χ0v) is 7.90. The lowest BCUT2D eigenvalue weighted by atomic mass is 9.88. The molecule has 0 spiro atoms. The molecule has 0 aliphatic carbocycles. The minimum atomic E-state index is -0.964. The van der Waals surface area contributed by atoms with Crippen LogP contribution in [0, 0.1) is 5.41 Å². The lowest BCUT2D eigenvalue weighted by Crippen LogP contribution is -2.38. The van der Waals surface area contributed by atoms with Crippen molar-refractivity contribution in [2.75, 3.05) is 5.33 Å². The molecular weight excluding hydrogens is 196 g/mol. The van der Waals surface area contributed by atoms with Gasteiger partial charge >= 0.3 is 0 Å². The number of hydrogen-bond acceptors (Lipinski definition) is 2. The van der Waals surface area contributed by atoms with E-state index in [0.29, 0.717) is 6.42 Å². The van der Waals surface area contributed by atoms with Crippen LogP contribution in [0.4, 0.5) is 0 Å². The number of alkyl halides is 1. The number of carbonyl (C=O) groups excluding carboxylic acids is 1. The molecule has 0 saturated carbocycles. The summed E-state index contributed by atoms with van der Waals surface area (Å²) in [7, 11) is 0. The molecule has 0 rings (SSSR count). The van der Waals surface area contributed by atoms with Crippen molar-refractivity contribution in [2.24, 2.45) is 5.41 Å². The molecule has 0 saturated heterocycles. The van der Waals surface area contributed by atoms with Gasteiger partial charge in [-0.15, -0.1) is 0 Å². The van der Waals surface area contributed by atoms with E-state index in [1.807, 2.05) is 0 Å². The summed E-state index contributed by atoms with van der Waals surface area (Å²) in [5, 5.41) is 11.3. The minimum absolute atomic E-state index is 0.667. The zero-order chi connectivity index (χ0) is 8.20. The van der Waals surface area contributed by atoms with Gasteiger partial charge in [0.05, 0.1) is 0 Å². The zero-order valence-electron chi connectivity index (χ0n) is 6.32. The van der Waals surface area contributed by atoms with Crippen LogP contribution in [-0.4, -0.2) is 11.3 Å². The van der Waals surface area contributed by atoms with E-state index in [1.54, 1.807) is 13.8 Å². The predicted octanol–water partition coefficient (Wildman–Crippen LogP) is 0.938. The first-order valence-electron chi connectivity index (χ1n) is 3.28. The van der Waals surface area contributed by atoms with Crippen molar-refractivity contribution in [3.8, 4) is 0 Å². The number of carboxylic acid groups (broad SMARTS) is 1. The Morgan fingerprint density at radius 2 is 2.10 bits per heavy atom. The van der Waals surface area contributed by atoms with E-state index in [9.17, 15) is 9.90 Å². The highest BCUT2D eigenvalue weighted by Crippen LogP contribution is 2.21. The summed E-state index contributed by atoms with van der Waals surface area (Å²) in [6, 6.07) is 0. The number of carbonyl (C=O) groups is 1. The highest BCUT2D eigenvalue weighted by atomic mass is 79.9. The van der Waals surface area contributed by atoms with Gasteiger partial charge in [-0.05, 0) is 12.8 Å². The van der Waals surface area contributed by atoms with Crippen molar-refractivity contribution < 1.29 is 9.90 Å². The number of rotatable bonds is 4. The maximum atomic E-state index is 10.4. The summed E-state index contributed by atoms with van der Waals surface area (Å²) < 4.78 is 0. The van der Waals surface area contributed by atoms with E-state index >= 15 is 0 Å². The van der Waals surface area contributed by atoms with Gasteiger partial charge in [0.1, 0.15) is 0 Å². The summed E-state index contributed by atoms with van der Waals surface area (Å²) in [4.78, 5) is 10.4. The fourth-order valence-corrected chi connectivity index (χ4v) is 0.891. The Kier molecular flexibility index (Phi) is 3.94. The summed E-state index contributed by atoms with van der Waals surface area (Å²) in [5.74, 6) is -0.964. The Balaban J connectivity index is 3.75. The molecule has 0 bridgehead atoms. The van der Waals surface area contributed by atoms with Crippen LogP contribution in [0.3, 0.4) is 0 Å². The Labute approximate surface area is 69.8 Å². The van der Waals surface area contributed by atoms with Gasteiger partial charge in [0.2, 0.25) is 0 Å². The molecule has 2 nitrogen and oxygen atoms in total. The molecule has 0 aromatic rings. The first-order chi connectivity index (χ1) is 4.50.